The first-order valence-electron chi connectivity index (χ1n) is 6.06. The molecular weight excluding hydrogens is 254 g/mol. The third-order valence-electron chi connectivity index (χ3n) is 2.85. The van der Waals surface area contributed by atoms with Crippen LogP contribution in [0.3, 0.4) is 0 Å². The van der Waals surface area contributed by atoms with Crippen LogP contribution in [-0.2, 0) is 0 Å². The van der Waals surface area contributed by atoms with Gasteiger partial charge in [0.25, 0.3) is 0 Å². The van der Waals surface area contributed by atoms with Gasteiger partial charge in [-0.05, 0) is 11.5 Å². The third kappa shape index (κ3) is 2.31. The number of fused-ring (bicyclic) bond motifs is 1. The Morgan fingerprint density at radius 2 is 1.80 bits per heavy atom. The van der Waals surface area contributed by atoms with Crippen molar-refractivity contribution in [3.05, 3.63) is 42.5 Å². The Kier molecular flexibility index (Phi) is 3.04. The summed E-state index contributed by atoms with van der Waals surface area (Å²) in [6.07, 6.45) is 0. The molecule has 0 amide bonds. The second-order valence-corrected chi connectivity index (χ2v) is 4.16. The molecule has 6 nitrogen and oxygen atoms in total. The molecular formula is C14H13N5O. The Bertz CT molecular complexity index is 754. The molecule has 2 aromatic carbocycles. The van der Waals surface area contributed by atoms with Crippen LogP contribution in [0.1, 0.15) is 0 Å². The molecule has 3 rings (SSSR count). The number of benzene rings is 2. The van der Waals surface area contributed by atoms with Crippen LogP contribution in [0.2, 0.25) is 0 Å². The SMILES string of the molecule is COc1nc(N)nc(Nc2cccc3ccccc23)n1. The molecule has 0 unspecified atom stereocenters. The van der Waals surface area contributed by atoms with Crippen molar-refractivity contribution < 1.29 is 4.74 Å². The van der Waals surface area contributed by atoms with E-state index in [0.717, 1.165) is 16.5 Å². The van der Waals surface area contributed by atoms with Gasteiger partial charge in [-0.25, -0.2) is 0 Å². The molecule has 0 aliphatic rings. The lowest BCUT2D eigenvalue weighted by molar-refractivity contribution is 0.380. The van der Waals surface area contributed by atoms with Crippen molar-refractivity contribution in [2.24, 2.45) is 0 Å². The lowest BCUT2D eigenvalue weighted by atomic mass is 10.1. The minimum absolute atomic E-state index is 0.111. The minimum atomic E-state index is 0.111. The summed E-state index contributed by atoms with van der Waals surface area (Å²) < 4.78 is 4.98. The molecule has 0 atom stereocenters. The lowest BCUT2D eigenvalue weighted by Crippen LogP contribution is -2.05. The fourth-order valence-electron chi connectivity index (χ4n) is 1.97. The van der Waals surface area contributed by atoms with Gasteiger partial charge in [-0.3, -0.25) is 0 Å². The van der Waals surface area contributed by atoms with Crippen LogP contribution in [0.15, 0.2) is 42.5 Å². The molecule has 1 aromatic heterocycles. The van der Waals surface area contributed by atoms with Crippen molar-refractivity contribution in [2.45, 2.75) is 0 Å². The second kappa shape index (κ2) is 5.00. The van der Waals surface area contributed by atoms with Crippen LogP contribution in [0, 0.1) is 0 Å². The molecule has 0 bridgehead atoms. The van der Waals surface area contributed by atoms with Crippen molar-refractivity contribution in [3.8, 4) is 6.01 Å². The summed E-state index contributed by atoms with van der Waals surface area (Å²) in [6.45, 7) is 0. The number of nitrogens with zero attached hydrogens (tertiary/aromatic N) is 3. The van der Waals surface area contributed by atoms with Crippen LogP contribution in [0.5, 0.6) is 6.01 Å². The largest absolute Gasteiger partial charge is 0.467 e. The van der Waals surface area contributed by atoms with Gasteiger partial charge in [0, 0.05) is 11.1 Å². The monoisotopic (exact) mass is 267 g/mol. The van der Waals surface area contributed by atoms with Gasteiger partial charge < -0.3 is 15.8 Å². The molecule has 1 heterocycles. The quantitative estimate of drug-likeness (QED) is 0.757. The van der Waals surface area contributed by atoms with E-state index in [9.17, 15) is 0 Å². The fraction of sp³-hybridized carbons (Fsp3) is 0.0714. The first-order valence-corrected chi connectivity index (χ1v) is 6.06. The normalized spacial score (nSPS) is 10.4. The molecule has 0 saturated carbocycles. The van der Waals surface area contributed by atoms with E-state index in [2.05, 4.69) is 20.3 Å². The number of nitrogen functional groups attached to an aromatic ring is 1. The van der Waals surface area contributed by atoms with Crippen molar-refractivity contribution in [2.75, 3.05) is 18.2 Å². The summed E-state index contributed by atoms with van der Waals surface area (Å²) in [5.41, 5.74) is 6.52. The molecule has 20 heavy (non-hydrogen) atoms. The number of anilines is 3. The van der Waals surface area contributed by atoms with Crippen LogP contribution in [0.25, 0.3) is 10.8 Å². The Hall–Kier alpha value is -2.89. The highest BCUT2D eigenvalue weighted by Gasteiger charge is 2.06. The smallest absolute Gasteiger partial charge is 0.322 e. The van der Waals surface area contributed by atoms with Gasteiger partial charge in [0.05, 0.1) is 7.11 Å². The van der Waals surface area contributed by atoms with Crippen LogP contribution in [-0.4, -0.2) is 22.1 Å². The van der Waals surface area contributed by atoms with Gasteiger partial charge >= 0.3 is 6.01 Å². The molecule has 0 spiro atoms. The van der Waals surface area contributed by atoms with E-state index in [0.29, 0.717) is 5.95 Å². The number of aromatic nitrogens is 3. The van der Waals surface area contributed by atoms with E-state index in [-0.39, 0.29) is 12.0 Å². The molecule has 3 N–H and O–H groups in total. The molecule has 6 heteroatoms. The third-order valence-corrected chi connectivity index (χ3v) is 2.85. The summed E-state index contributed by atoms with van der Waals surface area (Å²) in [7, 11) is 1.48. The molecule has 0 aliphatic carbocycles. The summed E-state index contributed by atoms with van der Waals surface area (Å²) in [5, 5.41) is 5.35. The molecule has 0 radical (unpaired) electrons. The Morgan fingerprint density at radius 1 is 1.00 bits per heavy atom. The Labute approximate surface area is 115 Å². The van der Waals surface area contributed by atoms with Gasteiger partial charge in [0.2, 0.25) is 11.9 Å². The van der Waals surface area contributed by atoms with Crippen LogP contribution >= 0.6 is 0 Å². The number of rotatable bonds is 3. The highest BCUT2D eigenvalue weighted by Crippen LogP contribution is 2.25. The minimum Gasteiger partial charge on any atom is -0.467 e. The van der Waals surface area contributed by atoms with Crippen molar-refractivity contribution >= 4 is 28.4 Å². The van der Waals surface area contributed by atoms with Gasteiger partial charge in [-0.2, -0.15) is 15.0 Å². The molecule has 0 fully saturated rings. The molecule has 0 aliphatic heterocycles. The number of nitrogens with two attached hydrogens (primary N) is 1. The predicted molar refractivity (Wildman–Crippen MR) is 78.0 cm³/mol. The summed E-state index contributed by atoms with van der Waals surface area (Å²) >= 11 is 0. The maximum Gasteiger partial charge on any atom is 0.322 e. The van der Waals surface area contributed by atoms with Crippen molar-refractivity contribution in [3.63, 3.8) is 0 Å². The number of nitrogens with one attached hydrogen (secondary N) is 1. The van der Waals surface area contributed by atoms with E-state index in [1.54, 1.807) is 0 Å². The zero-order chi connectivity index (χ0) is 13.9. The van der Waals surface area contributed by atoms with E-state index < -0.39 is 0 Å². The van der Waals surface area contributed by atoms with Crippen LogP contribution < -0.4 is 15.8 Å². The summed E-state index contributed by atoms with van der Waals surface area (Å²) in [6, 6.07) is 14.2. The number of ether oxygens (including phenoxy) is 1. The van der Waals surface area contributed by atoms with Crippen molar-refractivity contribution in [1.82, 2.24) is 15.0 Å². The predicted octanol–water partition coefficient (Wildman–Crippen LogP) is 2.36. The molecule has 3 aromatic rings. The van der Waals surface area contributed by atoms with E-state index >= 15 is 0 Å². The van der Waals surface area contributed by atoms with Gasteiger partial charge in [0.1, 0.15) is 0 Å². The highest BCUT2D eigenvalue weighted by molar-refractivity contribution is 5.94. The Balaban J connectivity index is 2.03. The number of hydrogen-bond donors (Lipinski definition) is 2. The maximum atomic E-state index is 5.62. The average Bonchev–Trinajstić information content (AvgIpc) is 2.47. The number of hydrogen-bond acceptors (Lipinski definition) is 6. The van der Waals surface area contributed by atoms with Gasteiger partial charge in [-0.15, -0.1) is 0 Å². The first kappa shape index (κ1) is 12.2. The summed E-state index contributed by atoms with van der Waals surface area (Å²) in [4.78, 5) is 12.0. The maximum absolute atomic E-state index is 5.62. The second-order valence-electron chi connectivity index (χ2n) is 4.16. The van der Waals surface area contributed by atoms with E-state index in [4.69, 9.17) is 10.5 Å². The zero-order valence-corrected chi connectivity index (χ0v) is 10.9. The zero-order valence-electron chi connectivity index (χ0n) is 10.9. The van der Waals surface area contributed by atoms with Gasteiger partial charge in [-0.1, -0.05) is 36.4 Å². The van der Waals surface area contributed by atoms with E-state index in [1.807, 2.05) is 42.5 Å². The lowest BCUT2D eigenvalue weighted by Gasteiger charge is -2.09. The number of methoxy groups -OCH3 is 1. The molecule has 100 valence electrons. The highest BCUT2D eigenvalue weighted by atomic mass is 16.5. The average molecular weight is 267 g/mol. The van der Waals surface area contributed by atoms with Crippen molar-refractivity contribution in [1.29, 1.82) is 0 Å². The summed E-state index contributed by atoms with van der Waals surface area (Å²) in [5.74, 6) is 0.463. The molecule has 0 saturated heterocycles. The van der Waals surface area contributed by atoms with Crippen LogP contribution in [0.4, 0.5) is 17.6 Å². The standard InChI is InChI=1S/C14H13N5O/c1-20-14-18-12(15)17-13(19-14)16-11-8-4-6-9-5-2-3-7-10(9)11/h2-8H,1H3,(H3,15,16,17,18,19). The first-order chi connectivity index (χ1) is 9.76. The van der Waals surface area contributed by atoms with E-state index in [1.165, 1.54) is 7.11 Å². The fourth-order valence-corrected chi connectivity index (χ4v) is 1.97. The van der Waals surface area contributed by atoms with Gasteiger partial charge in [0.15, 0.2) is 0 Å². The topological polar surface area (TPSA) is 86.0 Å². The Morgan fingerprint density at radius 3 is 2.65 bits per heavy atom.